The van der Waals surface area contributed by atoms with E-state index in [-0.39, 0.29) is 16.9 Å². The number of carbonyl (C=O) groups is 1. The van der Waals surface area contributed by atoms with Crippen molar-refractivity contribution in [2.45, 2.75) is 0 Å². The van der Waals surface area contributed by atoms with Crippen LogP contribution in [-0.4, -0.2) is 28.2 Å². The summed E-state index contributed by atoms with van der Waals surface area (Å²) in [5.74, 6) is -0.962. The molecule has 0 atom stereocenters. The third kappa shape index (κ3) is 3.16. The third-order valence-corrected chi connectivity index (χ3v) is 4.22. The van der Waals surface area contributed by atoms with Gasteiger partial charge in [0.1, 0.15) is 17.4 Å². The Morgan fingerprint density at radius 3 is 2.75 bits per heavy atom. The molecule has 0 saturated carbocycles. The molecule has 6 nitrogen and oxygen atoms in total. The molecule has 28 heavy (non-hydrogen) atoms. The molecule has 4 aromatic rings. The SMILES string of the molecule is COc1cccc(F)c1-c1cc2c(NC(=O)c3cccc(F)c3)n[nH]c2cn1. The molecular formula is C20H14F2N4O2. The van der Waals surface area contributed by atoms with Gasteiger partial charge < -0.3 is 10.1 Å². The van der Waals surface area contributed by atoms with Crippen LogP contribution in [0.15, 0.2) is 54.7 Å². The molecule has 0 aliphatic carbocycles. The number of amides is 1. The van der Waals surface area contributed by atoms with E-state index < -0.39 is 17.5 Å². The minimum atomic E-state index is -0.519. The Kier molecular flexibility index (Phi) is 4.44. The summed E-state index contributed by atoms with van der Waals surface area (Å²) >= 11 is 0. The second-order valence-corrected chi connectivity index (χ2v) is 5.97. The lowest BCUT2D eigenvalue weighted by atomic mass is 10.1. The van der Waals surface area contributed by atoms with Crippen molar-refractivity contribution in [3.63, 3.8) is 0 Å². The van der Waals surface area contributed by atoms with Crippen molar-refractivity contribution in [2.75, 3.05) is 12.4 Å². The average molecular weight is 380 g/mol. The Labute approximate surface area is 158 Å². The molecule has 4 rings (SSSR count). The summed E-state index contributed by atoms with van der Waals surface area (Å²) in [6, 6.07) is 11.4. The van der Waals surface area contributed by atoms with Gasteiger partial charge in [0, 0.05) is 10.9 Å². The topological polar surface area (TPSA) is 79.9 Å². The standard InChI is InChI=1S/C20H14F2N4O2/c1-28-17-7-3-6-14(22)18(17)15-9-13-16(10-23-15)25-26-19(13)24-20(27)11-4-2-5-12(21)8-11/h2-10H,1H3,(H2,24,25,26,27). The van der Waals surface area contributed by atoms with Crippen LogP contribution in [0.3, 0.4) is 0 Å². The summed E-state index contributed by atoms with van der Waals surface area (Å²) in [7, 11) is 1.44. The van der Waals surface area contributed by atoms with Crippen LogP contribution in [0.2, 0.25) is 0 Å². The molecule has 0 saturated heterocycles. The number of hydrogen-bond donors (Lipinski definition) is 2. The first-order valence-electron chi connectivity index (χ1n) is 8.30. The van der Waals surface area contributed by atoms with E-state index >= 15 is 0 Å². The van der Waals surface area contributed by atoms with Crippen molar-refractivity contribution in [1.82, 2.24) is 15.2 Å². The van der Waals surface area contributed by atoms with Crippen molar-refractivity contribution in [3.8, 4) is 17.0 Å². The van der Waals surface area contributed by atoms with Crippen LogP contribution < -0.4 is 10.1 Å². The molecule has 0 spiro atoms. The quantitative estimate of drug-likeness (QED) is 0.557. The van der Waals surface area contributed by atoms with Gasteiger partial charge in [0.05, 0.1) is 30.1 Å². The fourth-order valence-corrected chi connectivity index (χ4v) is 2.88. The smallest absolute Gasteiger partial charge is 0.256 e. The molecule has 0 fully saturated rings. The maximum Gasteiger partial charge on any atom is 0.256 e. The molecular weight excluding hydrogens is 366 g/mol. The number of aromatic amines is 1. The Morgan fingerprint density at radius 1 is 1.14 bits per heavy atom. The first-order valence-corrected chi connectivity index (χ1v) is 8.30. The zero-order valence-electron chi connectivity index (χ0n) is 14.7. The molecule has 0 aliphatic heterocycles. The third-order valence-electron chi connectivity index (χ3n) is 4.22. The summed E-state index contributed by atoms with van der Waals surface area (Å²) in [6.45, 7) is 0. The lowest BCUT2D eigenvalue weighted by Gasteiger charge is -2.09. The summed E-state index contributed by atoms with van der Waals surface area (Å²) in [4.78, 5) is 16.6. The number of benzene rings is 2. The van der Waals surface area contributed by atoms with Gasteiger partial charge in [-0.2, -0.15) is 5.10 Å². The van der Waals surface area contributed by atoms with E-state index in [1.807, 2.05) is 0 Å². The van der Waals surface area contributed by atoms with Crippen LogP contribution >= 0.6 is 0 Å². The van der Waals surface area contributed by atoms with E-state index in [4.69, 9.17) is 4.74 Å². The maximum atomic E-state index is 14.4. The van der Waals surface area contributed by atoms with Gasteiger partial charge in [-0.25, -0.2) is 8.78 Å². The van der Waals surface area contributed by atoms with E-state index in [1.165, 1.54) is 37.6 Å². The predicted octanol–water partition coefficient (Wildman–Crippen LogP) is 4.16. The highest BCUT2D eigenvalue weighted by atomic mass is 19.1. The van der Waals surface area contributed by atoms with Crippen LogP contribution in [-0.2, 0) is 0 Å². The van der Waals surface area contributed by atoms with Gasteiger partial charge >= 0.3 is 0 Å². The second kappa shape index (κ2) is 7.07. The van der Waals surface area contributed by atoms with Crippen molar-refractivity contribution in [2.24, 2.45) is 0 Å². The lowest BCUT2D eigenvalue weighted by Crippen LogP contribution is -2.12. The Hall–Kier alpha value is -3.81. The number of pyridine rings is 1. The fraction of sp³-hybridized carbons (Fsp3) is 0.0500. The molecule has 2 N–H and O–H groups in total. The number of aromatic nitrogens is 3. The first kappa shape index (κ1) is 17.6. The number of anilines is 1. The molecule has 8 heteroatoms. The summed E-state index contributed by atoms with van der Waals surface area (Å²) in [5, 5.41) is 9.98. The normalized spacial score (nSPS) is 10.8. The van der Waals surface area contributed by atoms with E-state index in [2.05, 4.69) is 20.5 Å². The van der Waals surface area contributed by atoms with Crippen LogP contribution in [0.25, 0.3) is 22.2 Å². The van der Waals surface area contributed by atoms with Crippen molar-refractivity contribution < 1.29 is 18.3 Å². The van der Waals surface area contributed by atoms with Crippen molar-refractivity contribution in [1.29, 1.82) is 0 Å². The number of nitrogens with one attached hydrogen (secondary N) is 2. The summed E-state index contributed by atoms with van der Waals surface area (Å²) < 4.78 is 33.0. The highest BCUT2D eigenvalue weighted by molar-refractivity contribution is 6.08. The molecule has 0 radical (unpaired) electrons. The monoisotopic (exact) mass is 380 g/mol. The van der Waals surface area contributed by atoms with E-state index in [1.54, 1.807) is 18.2 Å². The van der Waals surface area contributed by atoms with E-state index in [0.29, 0.717) is 22.3 Å². The van der Waals surface area contributed by atoms with Crippen LogP contribution in [0, 0.1) is 11.6 Å². The van der Waals surface area contributed by atoms with Crippen LogP contribution in [0.5, 0.6) is 5.75 Å². The van der Waals surface area contributed by atoms with Gasteiger partial charge in [0.2, 0.25) is 0 Å². The highest BCUT2D eigenvalue weighted by Crippen LogP contribution is 2.33. The number of fused-ring (bicyclic) bond motifs is 1. The molecule has 2 heterocycles. The number of ether oxygens (including phenoxy) is 1. The predicted molar refractivity (Wildman–Crippen MR) is 100 cm³/mol. The Bertz CT molecular complexity index is 1190. The largest absolute Gasteiger partial charge is 0.496 e. The van der Waals surface area contributed by atoms with Crippen LogP contribution in [0.1, 0.15) is 10.4 Å². The van der Waals surface area contributed by atoms with E-state index in [0.717, 1.165) is 6.07 Å². The number of methoxy groups -OCH3 is 1. The number of carbonyl (C=O) groups excluding carboxylic acids is 1. The van der Waals surface area contributed by atoms with Gasteiger partial charge in [-0.15, -0.1) is 0 Å². The number of nitrogens with zero attached hydrogens (tertiary/aromatic N) is 2. The maximum absolute atomic E-state index is 14.4. The highest BCUT2D eigenvalue weighted by Gasteiger charge is 2.17. The average Bonchev–Trinajstić information content (AvgIpc) is 3.09. The van der Waals surface area contributed by atoms with Crippen LogP contribution in [0.4, 0.5) is 14.6 Å². The molecule has 0 aliphatic rings. The number of hydrogen-bond acceptors (Lipinski definition) is 4. The zero-order valence-corrected chi connectivity index (χ0v) is 14.7. The number of H-pyrrole nitrogens is 1. The van der Waals surface area contributed by atoms with Crippen molar-refractivity contribution >= 4 is 22.6 Å². The van der Waals surface area contributed by atoms with Gasteiger partial charge in [-0.3, -0.25) is 14.9 Å². The van der Waals surface area contributed by atoms with Gasteiger partial charge in [0.15, 0.2) is 5.82 Å². The van der Waals surface area contributed by atoms with Gasteiger partial charge in [-0.1, -0.05) is 12.1 Å². The zero-order chi connectivity index (χ0) is 19.7. The van der Waals surface area contributed by atoms with Gasteiger partial charge in [0.25, 0.3) is 5.91 Å². The second-order valence-electron chi connectivity index (χ2n) is 5.97. The molecule has 140 valence electrons. The summed E-state index contributed by atoms with van der Waals surface area (Å²) in [5.41, 5.74) is 1.23. The van der Waals surface area contributed by atoms with E-state index in [9.17, 15) is 13.6 Å². The number of halogens is 2. The summed E-state index contributed by atoms with van der Waals surface area (Å²) in [6.07, 6.45) is 1.49. The minimum Gasteiger partial charge on any atom is -0.496 e. The number of rotatable bonds is 4. The molecule has 2 aromatic carbocycles. The van der Waals surface area contributed by atoms with Gasteiger partial charge in [-0.05, 0) is 36.4 Å². The fourth-order valence-electron chi connectivity index (χ4n) is 2.88. The lowest BCUT2D eigenvalue weighted by molar-refractivity contribution is 0.102. The van der Waals surface area contributed by atoms with Crippen molar-refractivity contribution in [3.05, 3.63) is 71.9 Å². The molecule has 0 bridgehead atoms. The Balaban J connectivity index is 1.74. The Morgan fingerprint density at radius 2 is 1.96 bits per heavy atom. The molecule has 0 unspecified atom stereocenters. The molecule has 1 amide bonds. The molecule has 2 aromatic heterocycles. The first-order chi connectivity index (χ1) is 13.6. The minimum absolute atomic E-state index is 0.154.